The van der Waals surface area contributed by atoms with Gasteiger partial charge in [0, 0.05) is 20.6 Å². The Morgan fingerprint density at radius 1 is 1.17 bits per heavy atom. The molecule has 0 saturated carbocycles. The summed E-state index contributed by atoms with van der Waals surface area (Å²) in [6.45, 7) is 0.725. The standard InChI is InChI=1S/C10H20N4O2S2/c1-11-9(17)13-6-4-3-5-7(8(15)16)14-10(18)12-2/h7H,3-6H2,1-2H3,(H,15,16)(H2,11,13,17)(H2,12,14,18). The smallest absolute Gasteiger partial charge is 0.326 e. The Morgan fingerprint density at radius 3 is 2.28 bits per heavy atom. The predicted octanol–water partition coefficient (Wildman–Crippen LogP) is -0.202. The van der Waals surface area contributed by atoms with Crippen LogP contribution >= 0.6 is 24.4 Å². The molecule has 0 aliphatic rings. The fourth-order valence-corrected chi connectivity index (χ4v) is 1.50. The van der Waals surface area contributed by atoms with Crippen LogP contribution in [0.3, 0.4) is 0 Å². The molecule has 8 heteroatoms. The van der Waals surface area contributed by atoms with Gasteiger partial charge >= 0.3 is 5.97 Å². The minimum absolute atomic E-state index is 0.344. The van der Waals surface area contributed by atoms with E-state index in [2.05, 4.69) is 21.3 Å². The summed E-state index contributed by atoms with van der Waals surface area (Å²) in [7, 11) is 3.40. The molecule has 0 radical (unpaired) electrons. The third-order valence-corrected chi connectivity index (χ3v) is 2.93. The Morgan fingerprint density at radius 2 is 1.78 bits per heavy atom. The lowest BCUT2D eigenvalue weighted by Gasteiger charge is -2.16. The van der Waals surface area contributed by atoms with E-state index in [0.29, 0.717) is 16.6 Å². The lowest BCUT2D eigenvalue weighted by Crippen LogP contribution is -2.44. The summed E-state index contributed by atoms with van der Waals surface area (Å²) < 4.78 is 0. The molecular weight excluding hydrogens is 272 g/mol. The Hall–Kier alpha value is -1.15. The summed E-state index contributed by atoms with van der Waals surface area (Å²) in [6, 6.07) is -0.652. The molecule has 0 amide bonds. The van der Waals surface area contributed by atoms with E-state index < -0.39 is 12.0 Å². The van der Waals surface area contributed by atoms with E-state index in [1.807, 2.05) is 0 Å². The summed E-state index contributed by atoms with van der Waals surface area (Å²) >= 11 is 9.80. The second-order valence-corrected chi connectivity index (χ2v) is 4.43. The van der Waals surface area contributed by atoms with Crippen molar-refractivity contribution >= 4 is 40.6 Å². The highest BCUT2D eigenvalue weighted by molar-refractivity contribution is 7.80. The molecule has 0 saturated heterocycles. The molecule has 0 rings (SSSR count). The summed E-state index contributed by atoms with van der Waals surface area (Å²) in [6.07, 6.45) is 2.14. The summed E-state index contributed by atoms with van der Waals surface area (Å²) in [5.74, 6) is -0.897. The Balaban J connectivity index is 3.81. The maximum absolute atomic E-state index is 11.0. The third kappa shape index (κ3) is 8.02. The molecule has 0 fully saturated rings. The number of carboxylic acids is 1. The van der Waals surface area contributed by atoms with E-state index >= 15 is 0 Å². The topological polar surface area (TPSA) is 85.4 Å². The van der Waals surface area contributed by atoms with Gasteiger partial charge in [-0.1, -0.05) is 0 Å². The van der Waals surface area contributed by atoms with Crippen LogP contribution in [0.5, 0.6) is 0 Å². The number of unbranched alkanes of at least 4 members (excludes halogenated alkanes) is 1. The molecule has 0 heterocycles. The molecule has 0 bridgehead atoms. The maximum atomic E-state index is 11.0. The molecule has 1 atom stereocenters. The molecule has 18 heavy (non-hydrogen) atoms. The molecule has 5 N–H and O–H groups in total. The van der Waals surface area contributed by atoms with Crippen molar-refractivity contribution in [2.45, 2.75) is 25.3 Å². The largest absolute Gasteiger partial charge is 0.480 e. The van der Waals surface area contributed by atoms with E-state index in [9.17, 15) is 4.79 Å². The van der Waals surface area contributed by atoms with Crippen molar-refractivity contribution in [3.63, 3.8) is 0 Å². The fraction of sp³-hybridized carbons (Fsp3) is 0.700. The predicted molar refractivity (Wildman–Crippen MR) is 79.7 cm³/mol. The fourth-order valence-electron chi connectivity index (χ4n) is 1.25. The monoisotopic (exact) mass is 292 g/mol. The first-order valence-corrected chi connectivity index (χ1v) is 6.49. The molecule has 1 unspecified atom stereocenters. The minimum atomic E-state index is -0.897. The highest BCUT2D eigenvalue weighted by Crippen LogP contribution is 2.01. The summed E-state index contributed by atoms with van der Waals surface area (Å²) in [5.41, 5.74) is 0. The van der Waals surface area contributed by atoms with Crippen molar-refractivity contribution in [3.8, 4) is 0 Å². The van der Waals surface area contributed by atoms with Crippen molar-refractivity contribution in [2.75, 3.05) is 20.6 Å². The number of thiocarbonyl (C=S) groups is 2. The van der Waals surface area contributed by atoms with Crippen LogP contribution in [0.2, 0.25) is 0 Å². The van der Waals surface area contributed by atoms with Crippen LogP contribution in [0.15, 0.2) is 0 Å². The lowest BCUT2D eigenvalue weighted by molar-refractivity contribution is -0.139. The number of hydrogen-bond acceptors (Lipinski definition) is 3. The highest BCUT2D eigenvalue weighted by Gasteiger charge is 2.16. The molecule has 104 valence electrons. The van der Waals surface area contributed by atoms with Crippen LogP contribution < -0.4 is 21.3 Å². The zero-order valence-electron chi connectivity index (χ0n) is 10.6. The molecular formula is C10H20N4O2S2. The Bertz CT molecular complexity index is 300. The highest BCUT2D eigenvalue weighted by atomic mass is 32.1. The number of aliphatic carboxylic acids is 1. The minimum Gasteiger partial charge on any atom is -0.480 e. The summed E-state index contributed by atoms with van der Waals surface area (Å²) in [5, 5.41) is 21.2. The normalized spacial score (nSPS) is 11.2. The van der Waals surface area contributed by atoms with E-state index in [4.69, 9.17) is 29.5 Å². The van der Waals surface area contributed by atoms with Gasteiger partial charge in [-0.2, -0.15) is 0 Å². The quantitative estimate of drug-likeness (QED) is 0.326. The number of rotatable bonds is 7. The van der Waals surface area contributed by atoms with Crippen molar-refractivity contribution < 1.29 is 9.90 Å². The van der Waals surface area contributed by atoms with E-state index in [1.165, 1.54) is 0 Å². The van der Waals surface area contributed by atoms with E-state index in [0.717, 1.165) is 19.4 Å². The molecule has 0 aliphatic carbocycles. The molecule has 0 aromatic rings. The van der Waals surface area contributed by atoms with Gasteiger partial charge < -0.3 is 26.4 Å². The van der Waals surface area contributed by atoms with Crippen LogP contribution in [-0.2, 0) is 4.79 Å². The first-order valence-electron chi connectivity index (χ1n) is 5.68. The van der Waals surface area contributed by atoms with Gasteiger partial charge in [-0.05, 0) is 43.7 Å². The van der Waals surface area contributed by atoms with Gasteiger partial charge in [-0.25, -0.2) is 4.79 Å². The van der Waals surface area contributed by atoms with Crippen LogP contribution in [0.25, 0.3) is 0 Å². The van der Waals surface area contributed by atoms with Crippen molar-refractivity contribution in [1.29, 1.82) is 0 Å². The van der Waals surface area contributed by atoms with Gasteiger partial charge in [0.2, 0.25) is 0 Å². The summed E-state index contributed by atoms with van der Waals surface area (Å²) in [4.78, 5) is 11.0. The first kappa shape index (κ1) is 16.9. The second kappa shape index (κ2) is 9.84. The zero-order valence-corrected chi connectivity index (χ0v) is 12.2. The maximum Gasteiger partial charge on any atom is 0.326 e. The van der Waals surface area contributed by atoms with Crippen molar-refractivity contribution in [1.82, 2.24) is 21.3 Å². The molecule has 0 aromatic carbocycles. The number of carbonyl (C=O) groups is 1. The molecule has 6 nitrogen and oxygen atoms in total. The van der Waals surface area contributed by atoms with Crippen LogP contribution in [-0.4, -0.2) is 48.0 Å². The van der Waals surface area contributed by atoms with Gasteiger partial charge in [-0.3, -0.25) is 0 Å². The molecule has 0 aliphatic heterocycles. The Labute approximate surface area is 118 Å². The van der Waals surface area contributed by atoms with Gasteiger partial charge in [-0.15, -0.1) is 0 Å². The van der Waals surface area contributed by atoms with Gasteiger partial charge in [0.05, 0.1) is 0 Å². The second-order valence-electron chi connectivity index (χ2n) is 3.62. The van der Waals surface area contributed by atoms with Crippen LogP contribution in [0.4, 0.5) is 0 Å². The molecule has 0 aromatic heterocycles. The number of hydrogen-bond donors (Lipinski definition) is 5. The molecule has 0 spiro atoms. The van der Waals surface area contributed by atoms with Gasteiger partial charge in [0.15, 0.2) is 10.2 Å². The number of carboxylic acid groups (broad SMARTS) is 1. The van der Waals surface area contributed by atoms with Crippen molar-refractivity contribution in [3.05, 3.63) is 0 Å². The van der Waals surface area contributed by atoms with Gasteiger partial charge in [0.1, 0.15) is 6.04 Å². The average molecular weight is 292 g/mol. The SMILES string of the molecule is CNC(=S)NCCCCC(NC(=S)NC)C(=O)O. The van der Waals surface area contributed by atoms with E-state index in [-0.39, 0.29) is 0 Å². The number of nitrogens with one attached hydrogen (secondary N) is 4. The Kier molecular flexibility index (Phi) is 9.21. The average Bonchev–Trinajstić information content (AvgIpc) is 2.35. The van der Waals surface area contributed by atoms with Crippen molar-refractivity contribution in [2.24, 2.45) is 0 Å². The van der Waals surface area contributed by atoms with Crippen LogP contribution in [0, 0.1) is 0 Å². The zero-order chi connectivity index (χ0) is 14.0. The van der Waals surface area contributed by atoms with Gasteiger partial charge in [0.25, 0.3) is 0 Å². The van der Waals surface area contributed by atoms with E-state index in [1.54, 1.807) is 14.1 Å². The lowest BCUT2D eigenvalue weighted by atomic mass is 10.1. The first-order chi connectivity index (χ1) is 8.51. The van der Waals surface area contributed by atoms with Crippen LogP contribution in [0.1, 0.15) is 19.3 Å². The third-order valence-electron chi connectivity index (χ3n) is 2.26.